The molecule has 1 fully saturated rings. The maximum atomic E-state index is 6.36. The fourth-order valence-electron chi connectivity index (χ4n) is 4.60. The summed E-state index contributed by atoms with van der Waals surface area (Å²) >= 11 is 0. The molecule has 3 aromatic carbocycles. The number of benzene rings is 3. The quantitative estimate of drug-likeness (QED) is 0.455. The van der Waals surface area contributed by atoms with E-state index in [0.29, 0.717) is 19.6 Å². The van der Waals surface area contributed by atoms with Crippen molar-refractivity contribution in [2.75, 3.05) is 13.2 Å². The molecule has 0 radical (unpaired) electrons. The first-order chi connectivity index (χ1) is 15.8. The lowest BCUT2D eigenvalue weighted by Crippen LogP contribution is -2.38. The summed E-state index contributed by atoms with van der Waals surface area (Å²) in [6.45, 7) is 1.18. The highest BCUT2D eigenvalue weighted by molar-refractivity contribution is 5.50. The minimum atomic E-state index is -0.570. The molecule has 1 saturated heterocycles. The molecule has 0 bridgehead atoms. The highest BCUT2D eigenvalue weighted by Crippen LogP contribution is 2.40. The van der Waals surface area contributed by atoms with Crippen molar-refractivity contribution >= 4 is 0 Å². The molecule has 5 heteroatoms. The Bertz CT molecular complexity index is 1030. The van der Waals surface area contributed by atoms with E-state index in [2.05, 4.69) is 83.6 Å². The van der Waals surface area contributed by atoms with E-state index in [9.17, 15) is 0 Å². The number of rotatable bonds is 7. The zero-order valence-electron chi connectivity index (χ0n) is 17.9. The van der Waals surface area contributed by atoms with Gasteiger partial charge in [0, 0.05) is 12.6 Å². The van der Waals surface area contributed by atoms with Crippen molar-refractivity contribution in [1.82, 2.24) is 9.55 Å². The zero-order valence-corrected chi connectivity index (χ0v) is 17.9. The first-order valence-electron chi connectivity index (χ1n) is 11.0. The van der Waals surface area contributed by atoms with E-state index >= 15 is 0 Å². The van der Waals surface area contributed by atoms with Crippen LogP contribution in [0.1, 0.15) is 22.4 Å². The molecule has 4 aromatic rings. The number of imidazole rings is 1. The molecule has 0 unspecified atom stereocenters. The number of ether oxygens (including phenoxy) is 2. The van der Waals surface area contributed by atoms with Crippen LogP contribution in [0.25, 0.3) is 0 Å². The molecule has 32 heavy (non-hydrogen) atoms. The summed E-state index contributed by atoms with van der Waals surface area (Å²) in [5, 5.41) is 0. The van der Waals surface area contributed by atoms with Gasteiger partial charge in [0.05, 0.1) is 31.3 Å². The molecule has 5 rings (SSSR count). The monoisotopic (exact) mass is 425 g/mol. The molecule has 0 saturated carbocycles. The third-order valence-corrected chi connectivity index (χ3v) is 6.04. The second-order valence-electron chi connectivity index (χ2n) is 8.06. The molecular formula is C27H27N3O2. The van der Waals surface area contributed by atoms with Crippen molar-refractivity contribution in [3.8, 4) is 0 Å². The van der Waals surface area contributed by atoms with Crippen molar-refractivity contribution in [2.45, 2.75) is 24.3 Å². The summed E-state index contributed by atoms with van der Waals surface area (Å²) in [6.07, 6.45) is 4.21. The Morgan fingerprint density at radius 1 is 0.812 bits per heavy atom. The molecule has 0 spiro atoms. The third-order valence-electron chi connectivity index (χ3n) is 6.04. The summed E-state index contributed by atoms with van der Waals surface area (Å²) in [6, 6.07) is 31.4. The standard InChI is InChI=1S/C27H27N3O2/c28-25(26-31-16-17-32-26)18-24-19-30(20-29-24)27(21-10-4-1-5-11-21,22-12-6-2-7-13-22)23-14-8-3-9-15-23/h1-15,19-20,25-26H,16-18,28H2/t25-/m0/s1. The lowest BCUT2D eigenvalue weighted by molar-refractivity contribution is -0.0587. The Labute approximate surface area is 188 Å². The summed E-state index contributed by atoms with van der Waals surface area (Å²) < 4.78 is 13.4. The lowest BCUT2D eigenvalue weighted by Gasteiger charge is -2.37. The van der Waals surface area contributed by atoms with Gasteiger partial charge >= 0.3 is 0 Å². The predicted octanol–water partition coefficient (Wildman–Crippen LogP) is 3.97. The van der Waals surface area contributed by atoms with Gasteiger partial charge in [0.25, 0.3) is 0 Å². The van der Waals surface area contributed by atoms with Gasteiger partial charge in [-0.15, -0.1) is 0 Å². The van der Waals surface area contributed by atoms with E-state index in [1.165, 1.54) is 0 Å². The number of hydrogen-bond acceptors (Lipinski definition) is 4. The van der Waals surface area contributed by atoms with Crippen molar-refractivity contribution in [1.29, 1.82) is 0 Å². The zero-order chi connectivity index (χ0) is 21.8. The van der Waals surface area contributed by atoms with Crippen LogP contribution in [0.4, 0.5) is 0 Å². The second kappa shape index (κ2) is 9.09. The maximum Gasteiger partial charge on any atom is 0.173 e. The van der Waals surface area contributed by atoms with Gasteiger partial charge in [0.15, 0.2) is 6.29 Å². The van der Waals surface area contributed by atoms with Crippen LogP contribution in [0.15, 0.2) is 104 Å². The first kappa shape index (κ1) is 20.6. The Balaban J connectivity index is 1.65. The smallest absolute Gasteiger partial charge is 0.173 e. The normalized spacial score (nSPS) is 15.7. The molecule has 1 aliphatic rings. The molecular weight excluding hydrogens is 398 g/mol. The van der Waals surface area contributed by atoms with Gasteiger partial charge in [-0.3, -0.25) is 0 Å². The van der Waals surface area contributed by atoms with E-state index in [1.54, 1.807) is 0 Å². The average molecular weight is 426 g/mol. The summed E-state index contributed by atoms with van der Waals surface area (Å²) in [5.74, 6) is 0. The van der Waals surface area contributed by atoms with Crippen molar-refractivity contribution < 1.29 is 9.47 Å². The number of nitrogens with two attached hydrogens (primary N) is 1. The summed E-state index contributed by atoms with van der Waals surface area (Å²) in [5.41, 5.74) is 10.2. The first-order valence-corrected chi connectivity index (χ1v) is 11.0. The molecule has 1 aliphatic heterocycles. The Morgan fingerprint density at radius 2 is 1.28 bits per heavy atom. The molecule has 0 amide bonds. The van der Waals surface area contributed by atoms with Crippen LogP contribution < -0.4 is 5.73 Å². The van der Waals surface area contributed by atoms with Gasteiger partial charge in [0.2, 0.25) is 0 Å². The highest BCUT2D eigenvalue weighted by Gasteiger charge is 2.38. The summed E-state index contributed by atoms with van der Waals surface area (Å²) in [7, 11) is 0. The average Bonchev–Trinajstić information content (AvgIpc) is 3.55. The van der Waals surface area contributed by atoms with Crippen LogP contribution >= 0.6 is 0 Å². The Hall–Kier alpha value is -3.25. The van der Waals surface area contributed by atoms with Crippen LogP contribution in [0.3, 0.4) is 0 Å². The molecule has 1 atom stereocenters. The van der Waals surface area contributed by atoms with Gasteiger partial charge in [-0.1, -0.05) is 91.0 Å². The van der Waals surface area contributed by atoms with Crippen LogP contribution in [-0.2, 0) is 21.4 Å². The molecule has 1 aromatic heterocycles. The Kier molecular flexibility index (Phi) is 5.86. The fourth-order valence-corrected chi connectivity index (χ4v) is 4.60. The van der Waals surface area contributed by atoms with Crippen molar-refractivity contribution in [2.24, 2.45) is 5.73 Å². The van der Waals surface area contributed by atoms with Gasteiger partial charge in [-0.25, -0.2) is 4.98 Å². The number of nitrogens with zero attached hydrogens (tertiary/aromatic N) is 2. The molecule has 0 aliphatic carbocycles. The minimum Gasteiger partial charge on any atom is -0.349 e. The van der Waals surface area contributed by atoms with Crippen molar-refractivity contribution in [3.05, 3.63) is 126 Å². The van der Waals surface area contributed by atoms with E-state index in [0.717, 1.165) is 22.4 Å². The van der Waals surface area contributed by atoms with Crippen LogP contribution in [-0.4, -0.2) is 35.1 Å². The van der Waals surface area contributed by atoms with E-state index in [1.807, 2.05) is 24.5 Å². The van der Waals surface area contributed by atoms with Crippen LogP contribution in [0.2, 0.25) is 0 Å². The van der Waals surface area contributed by atoms with Crippen LogP contribution in [0, 0.1) is 0 Å². The molecule has 5 nitrogen and oxygen atoms in total. The lowest BCUT2D eigenvalue weighted by atomic mass is 9.77. The predicted molar refractivity (Wildman–Crippen MR) is 124 cm³/mol. The molecule has 2 N–H and O–H groups in total. The molecule has 2 heterocycles. The highest BCUT2D eigenvalue weighted by atomic mass is 16.7. The van der Waals surface area contributed by atoms with Gasteiger partial charge in [-0.05, 0) is 16.7 Å². The van der Waals surface area contributed by atoms with E-state index in [4.69, 9.17) is 20.2 Å². The van der Waals surface area contributed by atoms with Gasteiger partial charge in [0.1, 0.15) is 5.54 Å². The fraction of sp³-hybridized carbons (Fsp3) is 0.222. The second-order valence-corrected chi connectivity index (χ2v) is 8.06. The van der Waals surface area contributed by atoms with Crippen LogP contribution in [0.5, 0.6) is 0 Å². The Morgan fingerprint density at radius 3 is 1.75 bits per heavy atom. The number of hydrogen-bond donors (Lipinski definition) is 1. The minimum absolute atomic E-state index is 0.263. The largest absolute Gasteiger partial charge is 0.349 e. The SMILES string of the molecule is N[C@@H](Cc1cn(C(c2ccccc2)(c2ccccc2)c2ccccc2)cn1)C1OCCO1. The van der Waals surface area contributed by atoms with Gasteiger partial charge in [-0.2, -0.15) is 0 Å². The molecule has 162 valence electrons. The van der Waals surface area contributed by atoms with Crippen molar-refractivity contribution in [3.63, 3.8) is 0 Å². The topological polar surface area (TPSA) is 62.3 Å². The number of aromatic nitrogens is 2. The maximum absolute atomic E-state index is 6.36. The van der Waals surface area contributed by atoms with Gasteiger partial charge < -0.3 is 19.8 Å². The van der Waals surface area contributed by atoms with E-state index < -0.39 is 5.54 Å². The van der Waals surface area contributed by atoms with E-state index in [-0.39, 0.29) is 12.3 Å². The summed E-state index contributed by atoms with van der Waals surface area (Å²) in [4.78, 5) is 4.74. The third kappa shape index (κ3) is 3.75.